The number of aliphatic imine (C=N–C) groups is 1. The zero-order valence-corrected chi connectivity index (χ0v) is 20.0. The quantitative estimate of drug-likeness (QED) is 0.154. The van der Waals surface area contributed by atoms with E-state index in [0.29, 0.717) is 25.6 Å². The molecule has 0 aliphatic heterocycles. The van der Waals surface area contributed by atoms with Crippen molar-refractivity contribution >= 4 is 20.8 Å². The minimum Gasteiger partial charge on any atom is -0.369 e. The molecule has 1 rings (SSSR count). The highest BCUT2D eigenvalue weighted by molar-refractivity contribution is 7.44. The number of rotatable bonds is 13. The van der Waals surface area contributed by atoms with E-state index in [4.69, 9.17) is 15.6 Å². The Hall–Kier alpha value is -1.85. The fourth-order valence-corrected chi connectivity index (χ4v) is 4.47. The van der Waals surface area contributed by atoms with Crippen LogP contribution in [0.4, 0.5) is 5.95 Å². The summed E-state index contributed by atoms with van der Waals surface area (Å²) in [6, 6.07) is 1.89. The first-order chi connectivity index (χ1) is 14.2. The van der Waals surface area contributed by atoms with Gasteiger partial charge in [0.2, 0.25) is 12.5 Å². The van der Waals surface area contributed by atoms with Gasteiger partial charge in [0.05, 0.1) is 19.0 Å². The molecular formula is C20H35N6O3P. The summed E-state index contributed by atoms with van der Waals surface area (Å²) in [6.07, 6.45) is 3.88. The molecule has 0 aliphatic rings. The third-order valence-corrected chi connectivity index (χ3v) is 6.20. The standard InChI is InChI=1S/C20H35N6O3P/c1-9-18(14-25-12-10-19(27)23-20(25)22-15-24(7)8)29-30(28-13-11-21-6)26(16(2)3)17(4)5/h10,12,15-18H,9,11,13-14H2,1-5,7-8H3/t18-,30?/m1/s1. The lowest BCUT2D eigenvalue weighted by molar-refractivity contribution is 0.120. The Balaban J connectivity index is 3.08. The average molecular weight is 439 g/mol. The molecule has 0 N–H and O–H groups in total. The van der Waals surface area contributed by atoms with E-state index in [0.717, 1.165) is 6.42 Å². The van der Waals surface area contributed by atoms with E-state index in [1.165, 1.54) is 6.07 Å². The van der Waals surface area contributed by atoms with Gasteiger partial charge < -0.3 is 23.4 Å². The molecule has 0 amide bonds. The zero-order chi connectivity index (χ0) is 22.7. The Bertz CT molecular complexity index is 752. The molecule has 0 spiro atoms. The molecule has 1 aromatic heterocycles. The molecule has 1 unspecified atom stereocenters. The van der Waals surface area contributed by atoms with Gasteiger partial charge in [0.25, 0.3) is 14.1 Å². The van der Waals surface area contributed by atoms with Crippen LogP contribution in [0.15, 0.2) is 22.1 Å². The van der Waals surface area contributed by atoms with Crippen LogP contribution in [0, 0.1) is 6.57 Å². The lowest BCUT2D eigenvalue weighted by atomic mass is 10.3. The Morgan fingerprint density at radius 1 is 1.33 bits per heavy atom. The van der Waals surface area contributed by atoms with Crippen molar-refractivity contribution in [1.29, 1.82) is 0 Å². The van der Waals surface area contributed by atoms with Crippen molar-refractivity contribution in [1.82, 2.24) is 19.1 Å². The first-order valence-electron chi connectivity index (χ1n) is 10.2. The average Bonchev–Trinajstić information content (AvgIpc) is 2.66. The molecule has 1 aromatic rings. The molecular weight excluding hydrogens is 403 g/mol. The van der Waals surface area contributed by atoms with Crippen molar-refractivity contribution in [2.45, 2.75) is 65.8 Å². The van der Waals surface area contributed by atoms with Gasteiger partial charge >= 0.3 is 0 Å². The molecule has 0 aromatic carbocycles. The monoisotopic (exact) mass is 438 g/mol. The van der Waals surface area contributed by atoms with Gasteiger partial charge in [0.15, 0.2) is 0 Å². The van der Waals surface area contributed by atoms with Crippen molar-refractivity contribution in [3.8, 4) is 0 Å². The summed E-state index contributed by atoms with van der Waals surface area (Å²) < 4.78 is 16.5. The van der Waals surface area contributed by atoms with Gasteiger partial charge in [-0.05, 0) is 34.1 Å². The van der Waals surface area contributed by atoms with Crippen molar-refractivity contribution in [2.75, 3.05) is 27.2 Å². The van der Waals surface area contributed by atoms with E-state index < -0.39 is 8.53 Å². The Morgan fingerprint density at radius 2 is 2.00 bits per heavy atom. The lowest BCUT2D eigenvalue weighted by Gasteiger charge is -2.37. The fourth-order valence-electron chi connectivity index (χ4n) is 2.71. The molecule has 168 valence electrons. The SMILES string of the molecule is [C-]#[N+]CCOP(O[C@H](CC)Cn1ccc(=O)nc1N=CN(C)C)N(C(C)C)C(C)C. The molecule has 0 bridgehead atoms. The maximum atomic E-state index is 11.7. The molecule has 1 heterocycles. The van der Waals surface area contributed by atoms with Crippen LogP contribution in [-0.4, -0.2) is 70.9 Å². The van der Waals surface area contributed by atoms with Crippen LogP contribution >= 0.6 is 8.53 Å². The summed E-state index contributed by atoms with van der Waals surface area (Å²) in [7, 11) is 2.37. The highest BCUT2D eigenvalue weighted by atomic mass is 31.2. The van der Waals surface area contributed by atoms with E-state index >= 15 is 0 Å². The minimum absolute atomic E-state index is 0.165. The normalized spacial score (nSPS) is 13.9. The van der Waals surface area contributed by atoms with Gasteiger partial charge in [-0.15, -0.1) is 0 Å². The highest BCUT2D eigenvalue weighted by Crippen LogP contribution is 2.47. The Labute approximate surface area is 181 Å². The Morgan fingerprint density at radius 3 is 2.53 bits per heavy atom. The second-order valence-electron chi connectivity index (χ2n) is 7.58. The molecule has 9 nitrogen and oxygen atoms in total. The summed E-state index contributed by atoms with van der Waals surface area (Å²) in [5, 5.41) is 0. The van der Waals surface area contributed by atoms with E-state index in [2.05, 4.69) is 47.2 Å². The third kappa shape index (κ3) is 8.88. The van der Waals surface area contributed by atoms with Crippen LogP contribution in [0.25, 0.3) is 4.85 Å². The minimum atomic E-state index is -1.34. The summed E-state index contributed by atoms with van der Waals surface area (Å²) >= 11 is 0. The topological polar surface area (TPSA) is 76.5 Å². The number of hydrogen-bond donors (Lipinski definition) is 0. The molecule has 0 saturated heterocycles. The summed E-state index contributed by atoms with van der Waals surface area (Å²) in [5.41, 5.74) is -0.332. The molecule has 0 fully saturated rings. The third-order valence-electron chi connectivity index (χ3n) is 4.01. The predicted molar refractivity (Wildman–Crippen MR) is 122 cm³/mol. The number of nitrogens with zero attached hydrogens (tertiary/aromatic N) is 6. The number of hydrogen-bond acceptors (Lipinski definition) is 6. The molecule has 10 heteroatoms. The maximum absolute atomic E-state index is 11.7. The molecule has 0 radical (unpaired) electrons. The van der Waals surface area contributed by atoms with Crippen LogP contribution in [0.3, 0.4) is 0 Å². The van der Waals surface area contributed by atoms with Crippen LogP contribution in [0.2, 0.25) is 0 Å². The van der Waals surface area contributed by atoms with Gasteiger partial charge in [-0.25, -0.2) is 16.2 Å². The van der Waals surface area contributed by atoms with Gasteiger partial charge in [0.1, 0.15) is 6.61 Å². The van der Waals surface area contributed by atoms with Crippen molar-refractivity contribution in [3.63, 3.8) is 0 Å². The van der Waals surface area contributed by atoms with Gasteiger partial charge in [-0.1, -0.05) is 6.92 Å². The van der Waals surface area contributed by atoms with Crippen LogP contribution in [0.5, 0.6) is 0 Å². The maximum Gasteiger partial charge on any atom is 0.274 e. The van der Waals surface area contributed by atoms with Gasteiger partial charge in [0, 0.05) is 38.4 Å². The van der Waals surface area contributed by atoms with Crippen LogP contribution in [0.1, 0.15) is 41.0 Å². The molecule has 2 atom stereocenters. The summed E-state index contributed by atoms with van der Waals surface area (Å²) in [4.78, 5) is 25.2. The van der Waals surface area contributed by atoms with E-state index in [1.807, 2.05) is 25.6 Å². The van der Waals surface area contributed by atoms with Gasteiger partial charge in [-0.3, -0.25) is 4.79 Å². The predicted octanol–water partition coefficient (Wildman–Crippen LogP) is 3.54. The van der Waals surface area contributed by atoms with E-state index in [9.17, 15) is 4.79 Å². The highest BCUT2D eigenvalue weighted by Gasteiger charge is 2.30. The van der Waals surface area contributed by atoms with E-state index in [-0.39, 0.29) is 23.7 Å². The molecule has 0 saturated carbocycles. The largest absolute Gasteiger partial charge is 0.369 e. The zero-order valence-electron chi connectivity index (χ0n) is 19.1. The van der Waals surface area contributed by atoms with Crippen molar-refractivity contribution < 1.29 is 9.05 Å². The smallest absolute Gasteiger partial charge is 0.274 e. The second kappa shape index (κ2) is 13.5. The van der Waals surface area contributed by atoms with Crippen LogP contribution < -0.4 is 5.56 Å². The van der Waals surface area contributed by atoms with Crippen molar-refractivity contribution in [2.24, 2.45) is 4.99 Å². The molecule has 0 aliphatic carbocycles. The number of aromatic nitrogens is 2. The van der Waals surface area contributed by atoms with E-state index in [1.54, 1.807) is 17.4 Å². The van der Waals surface area contributed by atoms with Crippen molar-refractivity contribution in [3.05, 3.63) is 34.0 Å². The first kappa shape index (κ1) is 26.2. The molecule has 30 heavy (non-hydrogen) atoms. The fraction of sp³-hybridized carbons (Fsp3) is 0.700. The summed E-state index contributed by atoms with van der Waals surface area (Å²) in [6.45, 7) is 18.6. The second-order valence-corrected chi connectivity index (χ2v) is 8.99. The summed E-state index contributed by atoms with van der Waals surface area (Å²) in [5.74, 6) is 0.334. The Kier molecular flexibility index (Phi) is 11.7. The van der Waals surface area contributed by atoms with Crippen LogP contribution in [-0.2, 0) is 15.6 Å². The van der Waals surface area contributed by atoms with Gasteiger partial charge in [-0.2, -0.15) is 4.98 Å². The first-order valence-corrected chi connectivity index (χ1v) is 11.3. The lowest BCUT2D eigenvalue weighted by Crippen LogP contribution is -2.35.